The number of nitrogens with one attached hydrogen (secondary N) is 1. The van der Waals surface area contributed by atoms with Crippen molar-refractivity contribution in [1.29, 1.82) is 0 Å². The summed E-state index contributed by atoms with van der Waals surface area (Å²) >= 11 is 0. The van der Waals surface area contributed by atoms with E-state index in [4.69, 9.17) is 4.84 Å². The Labute approximate surface area is 47.8 Å². The number of quaternary nitrogens is 1. The van der Waals surface area contributed by atoms with Crippen molar-refractivity contribution in [3.8, 4) is 0 Å². The zero-order chi connectivity index (χ0) is 5.56. The summed E-state index contributed by atoms with van der Waals surface area (Å²) in [5.41, 5.74) is 0. The molecule has 1 aliphatic carbocycles. The Kier molecular flexibility index (Phi) is 0.848. The minimum absolute atomic E-state index is 0.0121. The molecule has 0 amide bonds. The van der Waals surface area contributed by atoms with Crippen molar-refractivity contribution < 1.29 is 10.1 Å². The lowest BCUT2D eigenvalue weighted by molar-refractivity contribution is -1.12. The third kappa shape index (κ3) is 0.632. The predicted octanol–water partition coefficient (Wildman–Crippen LogP) is -0.907. The van der Waals surface area contributed by atoms with E-state index in [0.29, 0.717) is 12.6 Å². The van der Waals surface area contributed by atoms with Gasteiger partial charge in [-0.15, -0.1) is 0 Å². The van der Waals surface area contributed by atoms with Crippen LogP contribution in [0.5, 0.6) is 0 Å². The fourth-order valence-corrected chi connectivity index (χ4v) is 1.05. The summed E-state index contributed by atoms with van der Waals surface area (Å²) in [7, 11) is 0. The highest BCUT2D eigenvalue weighted by Crippen LogP contribution is 2.34. The van der Waals surface area contributed by atoms with Gasteiger partial charge in [-0.2, -0.15) is 4.84 Å². The summed E-state index contributed by atoms with van der Waals surface area (Å²) in [5, 5.41) is 10.2. The van der Waals surface area contributed by atoms with Crippen LogP contribution in [0.4, 0.5) is 0 Å². The van der Waals surface area contributed by atoms with Crippen molar-refractivity contribution in [2.75, 3.05) is 6.54 Å². The molecule has 2 atom stereocenters. The van der Waals surface area contributed by atoms with Gasteiger partial charge in [-0.25, -0.2) is 5.23 Å². The second kappa shape index (κ2) is 1.43. The van der Waals surface area contributed by atoms with Crippen LogP contribution in [0.25, 0.3) is 0 Å². The normalized spacial score (nSPS) is 46.1. The van der Waals surface area contributed by atoms with Crippen LogP contribution in [0.1, 0.15) is 12.8 Å². The molecule has 1 saturated carbocycles. The molecule has 46 valence electrons. The maximum absolute atomic E-state index is 10.2. The van der Waals surface area contributed by atoms with Crippen molar-refractivity contribution in [3.63, 3.8) is 0 Å². The van der Waals surface area contributed by atoms with Gasteiger partial charge in [0.1, 0.15) is 6.54 Å². The molecule has 2 rings (SSSR count). The van der Waals surface area contributed by atoms with Crippen LogP contribution >= 0.6 is 0 Å². The van der Waals surface area contributed by atoms with E-state index in [-0.39, 0.29) is 5.23 Å². The highest BCUT2D eigenvalue weighted by Gasteiger charge is 2.42. The largest absolute Gasteiger partial charge is 0.600 e. The Balaban J connectivity index is 1.78. The van der Waals surface area contributed by atoms with Crippen LogP contribution < -0.4 is 5.23 Å². The molecule has 0 aromatic heterocycles. The van der Waals surface area contributed by atoms with Gasteiger partial charge in [-0.3, -0.25) is 0 Å². The van der Waals surface area contributed by atoms with Gasteiger partial charge < -0.3 is 5.21 Å². The first-order chi connectivity index (χ1) is 3.86. The van der Waals surface area contributed by atoms with Crippen LogP contribution in [-0.2, 0) is 4.84 Å². The third-order valence-corrected chi connectivity index (χ3v) is 1.80. The van der Waals surface area contributed by atoms with Gasteiger partial charge in [0, 0.05) is 0 Å². The first-order valence-corrected chi connectivity index (χ1v) is 3.06. The average molecular weight is 115 g/mol. The molecule has 0 spiro atoms. The molecule has 0 bridgehead atoms. The second-order valence-corrected chi connectivity index (χ2v) is 2.57. The minimum atomic E-state index is -0.0121. The molecule has 1 N–H and O–H groups in total. The number of hydroxylamine groups is 2. The maximum atomic E-state index is 10.2. The highest BCUT2D eigenvalue weighted by atomic mass is 16.9. The molecule has 2 aliphatic rings. The van der Waals surface area contributed by atoms with Gasteiger partial charge in [0.25, 0.3) is 0 Å². The Morgan fingerprint density at radius 2 is 2.12 bits per heavy atom. The van der Waals surface area contributed by atoms with Gasteiger partial charge in [-0.1, -0.05) is 0 Å². The van der Waals surface area contributed by atoms with Crippen molar-refractivity contribution in [2.45, 2.75) is 18.9 Å². The Bertz CT molecular complexity index is 96.6. The van der Waals surface area contributed by atoms with Gasteiger partial charge in [0.15, 0.2) is 6.10 Å². The molecule has 8 heavy (non-hydrogen) atoms. The molecule has 2 unspecified atom stereocenters. The molecule has 1 aliphatic heterocycles. The van der Waals surface area contributed by atoms with Crippen molar-refractivity contribution in [2.24, 2.45) is 5.92 Å². The van der Waals surface area contributed by atoms with Crippen LogP contribution in [0.2, 0.25) is 0 Å². The van der Waals surface area contributed by atoms with Gasteiger partial charge in [-0.05, 0) is 18.8 Å². The van der Waals surface area contributed by atoms with E-state index in [1.165, 1.54) is 12.8 Å². The topological polar surface area (TPSA) is 36.7 Å². The van der Waals surface area contributed by atoms with E-state index in [9.17, 15) is 5.21 Å². The fraction of sp³-hybridized carbons (Fsp3) is 1.00. The molecular formula is C5H9NO2. The fourth-order valence-electron chi connectivity index (χ4n) is 1.05. The first kappa shape index (κ1) is 4.73. The van der Waals surface area contributed by atoms with Gasteiger partial charge in [0.05, 0.1) is 0 Å². The molecule has 0 aromatic carbocycles. The van der Waals surface area contributed by atoms with E-state index >= 15 is 0 Å². The summed E-state index contributed by atoms with van der Waals surface area (Å²) in [5.74, 6) is 0.743. The van der Waals surface area contributed by atoms with E-state index in [1.807, 2.05) is 0 Å². The highest BCUT2D eigenvalue weighted by molar-refractivity contribution is 4.82. The molecular weight excluding hydrogens is 106 g/mol. The molecule has 0 aromatic rings. The van der Waals surface area contributed by atoms with Crippen LogP contribution in [0.15, 0.2) is 0 Å². The van der Waals surface area contributed by atoms with Gasteiger partial charge >= 0.3 is 0 Å². The molecule has 2 fully saturated rings. The Morgan fingerprint density at radius 1 is 1.50 bits per heavy atom. The van der Waals surface area contributed by atoms with Crippen LogP contribution in [0.3, 0.4) is 0 Å². The summed E-state index contributed by atoms with van der Waals surface area (Å²) < 4.78 is 0. The number of hydrogen-bond acceptors (Lipinski definition) is 2. The molecule has 3 heteroatoms. The average Bonchev–Trinajstić information content (AvgIpc) is 2.37. The quantitative estimate of drug-likeness (QED) is 0.449. The first-order valence-electron chi connectivity index (χ1n) is 3.06. The summed E-state index contributed by atoms with van der Waals surface area (Å²) in [6.07, 6.45) is 2.87. The van der Waals surface area contributed by atoms with E-state index < -0.39 is 0 Å². The van der Waals surface area contributed by atoms with Gasteiger partial charge in [0.2, 0.25) is 0 Å². The molecule has 1 heterocycles. The smallest absolute Gasteiger partial charge is 0.171 e. The predicted molar refractivity (Wildman–Crippen MR) is 26.8 cm³/mol. The van der Waals surface area contributed by atoms with Crippen molar-refractivity contribution >= 4 is 0 Å². The zero-order valence-electron chi connectivity index (χ0n) is 4.59. The SMILES string of the molecule is [O-][NH+]1CC(C2CC2)O1. The molecule has 3 nitrogen and oxygen atoms in total. The lowest BCUT2D eigenvalue weighted by Gasteiger charge is -2.35. The minimum Gasteiger partial charge on any atom is -0.600 e. The van der Waals surface area contributed by atoms with Crippen LogP contribution in [-0.4, -0.2) is 12.6 Å². The van der Waals surface area contributed by atoms with Crippen molar-refractivity contribution in [3.05, 3.63) is 5.21 Å². The standard InChI is InChI=1S/C5H9NO2/c7-6-3-5(8-6)4-1-2-4/h4-6H,1-3H2. The molecule has 1 saturated heterocycles. The third-order valence-electron chi connectivity index (χ3n) is 1.80. The second-order valence-electron chi connectivity index (χ2n) is 2.57. The van der Waals surface area contributed by atoms with E-state index in [0.717, 1.165) is 5.92 Å². The van der Waals surface area contributed by atoms with Crippen LogP contribution in [0, 0.1) is 11.1 Å². The lowest BCUT2D eigenvalue weighted by atomic mass is 10.2. The van der Waals surface area contributed by atoms with E-state index in [1.54, 1.807) is 0 Å². The number of hydrogen-bond donors (Lipinski definition) is 1. The molecule has 0 radical (unpaired) electrons. The summed E-state index contributed by atoms with van der Waals surface area (Å²) in [4.78, 5) is 4.82. The van der Waals surface area contributed by atoms with E-state index in [2.05, 4.69) is 0 Å². The van der Waals surface area contributed by atoms with Crippen molar-refractivity contribution in [1.82, 2.24) is 0 Å². The Hall–Kier alpha value is -0.120. The monoisotopic (exact) mass is 115 g/mol. The summed E-state index contributed by atoms with van der Waals surface area (Å²) in [6.45, 7) is 0.685. The zero-order valence-corrected chi connectivity index (χ0v) is 4.59. The lowest BCUT2D eigenvalue weighted by Crippen LogP contribution is -3.15. The number of rotatable bonds is 1. The Morgan fingerprint density at radius 3 is 2.50 bits per heavy atom. The summed E-state index contributed by atoms with van der Waals surface area (Å²) in [6, 6.07) is 0. The maximum Gasteiger partial charge on any atom is 0.171 e.